The van der Waals surface area contributed by atoms with Crippen molar-refractivity contribution in [2.45, 2.75) is 12.5 Å². The Hall–Kier alpha value is -2.20. The predicted octanol–water partition coefficient (Wildman–Crippen LogP) is 1.99. The van der Waals surface area contributed by atoms with Gasteiger partial charge in [-0.1, -0.05) is 0 Å². The number of hydrogen-bond acceptors (Lipinski definition) is 3. The molecule has 0 aromatic carbocycles. The molecular weight excluding hydrogens is 288 g/mol. The number of nitrogens with one attached hydrogen (secondary N) is 1. The predicted molar refractivity (Wildman–Crippen MR) is 45.7 cm³/mol. The van der Waals surface area contributed by atoms with Gasteiger partial charge in [-0.25, -0.2) is 4.79 Å². The molecule has 0 saturated heterocycles. The first-order valence-electron chi connectivity index (χ1n) is 4.25. The van der Waals surface area contributed by atoms with Gasteiger partial charge in [0, 0.05) is 6.07 Å². The van der Waals surface area contributed by atoms with Crippen molar-refractivity contribution in [3.05, 3.63) is 27.7 Å². The molecular formula is C8H3F6NO4. The highest BCUT2D eigenvalue weighted by Gasteiger charge is 2.41. The molecule has 0 amide bonds. The molecule has 0 fully saturated rings. The van der Waals surface area contributed by atoms with E-state index in [9.17, 15) is 35.9 Å². The maximum atomic E-state index is 12.4. The van der Waals surface area contributed by atoms with Gasteiger partial charge in [-0.3, -0.25) is 4.79 Å². The largest absolute Gasteiger partial charge is 0.573 e. The molecule has 1 heterocycles. The molecule has 0 saturated carbocycles. The summed E-state index contributed by atoms with van der Waals surface area (Å²) in [5, 5.41) is 8.53. The van der Waals surface area contributed by atoms with Crippen molar-refractivity contribution in [2.75, 3.05) is 0 Å². The third-order valence-electron chi connectivity index (χ3n) is 1.73. The topological polar surface area (TPSA) is 79.4 Å². The number of carboxylic acid groups (broad SMARTS) is 1. The van der Waals surface area contributed by atoms with Crippen molar-refractivity contribution in [1.29, 1.82) is 0 Å². The first kappa shape index (κ1) is 14.9. The number of aromatic nitrogens is 1. The van der Waals surface area contributed by atoms with Crippen LogP contribution in [0.5, 0.6) is 5.75 Å². The number of alkyl halides is 6. The van der Waals surface area contributed by atoms with E-state index in [1.54, 1.807) is 0 Å². The van der Waals surface area contributed by atoms with Crippen LogP contribution < -0.4 is 10.3 Å². The van der Waals surface area contributed by atoms with Gasteiger partial charge < -0.3 is 14.8 Å². The van der Waals surface area contributed by atoms with Gasteiger partial charge in [0.25, 0.3) is 5.56 Å². The van der Waals surface area contributed by atoms with Crippen LogP contribution in [0.25, 0.3) is 0 Å². The number of aromatic amines is 1. The Morgan fingerprint density at radius 1 is 1.21 bits per heavy atom. The minimum atomic E-state index is -5.44. The molecule has 19 heavy (non-hydrogen) atoms. The van der Waals surface area contributed by atoms with Crippen molar-refractivity contribution in [2.24, 2.45) is 0 Å². The first-order valence-corrected chi connectivity index (χ1v) is 4.25. The van der Waals surface area contributed by atoms with Crippen LogP contribution in [0.15, 0.2) is 10.9 Å². The third-order valence-corrected chi connectivity index (χ3v) is 1.73. The number of aromatic carboxylic acids is 1. The van der Waals surface area contributed by atoms with Crippen molar-refractivity contribution < 1.29 is 41.0 Å². The van der Waals surface area contributed by atoms with E-state index >= 15 is 0 Å². The summed E-state index contributed by atoms with van der Waals surface area (Å²) < 4.78 is 76.2. The summed E-state index contributed by atoms with van der Waals surface area (Å²) in [6, 6.07) is -0.0355. The van der Waals surface area contributed by atoms with E-state index in [0.29, 0.717) is 0 Å². The standard InChI is InChI=1S/C8H3F6NO4/c9-7(10,11)5-4(6(17)18)2(1-3(16)15-5)19-8(12,13)14/h1H,(H,15,16)(H,17,18). The van der Waals surface area contributed by atoms with Crippen LogP contribution in [0.2, 0.25) is 0 Å². The lowest BCUT2D eigenvalue weighted by Gasteiger charge is -2.15. The van der Waals surface area contributed by atoms with Gasteiger partial charge in [0.15, 0.2) is 5.75 Å². The van der Waals surface area contributed by atoms with Crippen LogP contribution in [0, 0.1) is 0 Å². The summed E-state index contributed by atoms with van der Waals surface area (Å²) in [6.07, 6.45) is -10.8. The summed E-state index contributed by atoms with van der Waals surface area (Å²) in [5.74, 6) is -4.07. The lowest BCUT2D eigenvalue weighted by molar-refractivity contribution is -0.275. The number of halogens is 6. The fraction of sp³-hybridized carbons (Fsp3) is 0.250. The van der Waals surface area contributed by atoms with Gasteiger partial charge >= 0.3 is 18.5 Å². The maximum Gasteiger partial charge on any atom is 0.573 e. The van der Waals surface area contributed by atoms with Crippen LogP contribution >= 0.6 is 0 Å². The van der Waals surface area contributed by atoms with Crippen molar-refractivity contribution >= 4 is 5.97 Å². The van der Waals surface area contributed by atoms with Crippen molar-refractivity contribution in [3.8, 4) is 5.75 Å². The molecule has 5 nitrogen and oxygen atoms in total. The molecule has 0 spiro atoms. The Morgan fingerprint density at radius 3 is 2.11 bits per heavy atom. The van der Waals surface area contributed by atoms with Gasteiger partial charge in [0.05, 0.1) is 0 Å². The van der Waals surface area contributed by atoms with Gasteiger partial charge in [-0.2, -0.15) is 13.2 Å². The molecule has 0 unspecified atom stereocenters. The second kappa shape index (κ2) is 4.48. The SMILES string of the molecule is O=C(O)c1c(OC(F)(F)F)cc(=O)[nH]c1C(F)(F)F. The van der Waals surface area contributed by atoms with E-state index in [2.05, 4.69) is 4.74 Å². The molecule has 2 N–H and O–H groups in total. The summed E-state index contributed by atoms with van der Waals surface area (Å²) in [5.41, 5.74) is -5.55. The lowest BCUT2D eigenvalue weighted by Crippen LogP contribution is -2.26. The van der Waals surface area contributed by atoms with Crippen LogP contribution in [-0.2, 0) is 6.18 Å². The van der Waals surface area contributed by atoms with Crippen LogP contribution in [0.3, 0.4) is 0 Å². The zero-order valence-corrected chi connectivity index (χ0v) is 8.52. The van der Waals surface area contributed by atoms with Gasteiger partial charge in [-0.05, 0) is 0 Å². The minimum absolute atomic E-state index is 0.0355. The summed E-state index contributed by atoms with van der Waals surface area (Å²) in [4.78, 5) is 22.6. The molecule has 106 valence electrons. The van der Waals surface area contributed by atoms with Crippen LogP contribution in [0.4, 0.5) is 26.3 Å². The molecule has 1 aromatic rings. The lowest BCUT2D eigenvalue weighted by atomic mass is 10.1. The van der Waals surface area contributed by atoms with Gasteiger partial charge in [0.1, 0.15) is 11.3 Å². The average molecular weight is 291 g/mol. The van der Waals surface area contributed by atoms with Crippen molar-refractivity contribution in [3.63, 3.8) is 0 Å². The van der Waals surface area contributed by atoms with E-state index in [-0.39, 0.29) is 6.07 Å². The number of carboxylic acids is 1. The van der Waals surface area contributed by atoms with E-state index < -0.39 is 41.1 Å². The normalized spacial score (nSPS) is 12.3. The summed E-state index contributed by atoms with van der Waals surface area (Å²) in [7, 11) is 0. The van der Waals surface area contributed by atoms with Crippen molar-refractivity contribution in [1.82, 2.24) is 4.98 Å². The maximum absolute atomic E-state index is 12.4. The van der Waals surface area contributed by atoms with Gasteiger partial charge in [-0.15, -0.1) is 13.2 Å². The molecule has 0 atom stereocenters. The molecule has 0 radical (unpaired) electrons. The minimum Gasteiger partial charge on any atom is -0.477 e. The molecule has 0 bridgehead atoms. The Morgan fingerprint density at radius 2 is 1.74 bits per heavy atom. The first-order chi connectivity index (χ1) is 8.42. The van der Waals surface area contributed by atoms with Crippen LogP contribution in [-0.4, -0.2) is 22.4 Å². The van der Waals surface area contributed by atoms with E-state index in [0.717, 1.165) is 4.98 Å². The zero-order valence-electron chi connectivity index (χ0n) is 8.52. The molecule has 1 aromatic heterocycles. The highest BCUT2D eigenvalue weighted by Crippen LogP contribution is 2.35. The third kappa shape index (κ3) is 3.63. The monoisotopic (exact) mass is 291 g/mol. The summed E-state index contributed by atoms with van der Waals surface area (Å²) in [6.45, 7) is 0. The Balaban J connectivity index is 3.59. The highest BCUT2D eigenvalue weighted by molar-refractivity contribution is 5.92. The van der Waals surface area contributed by atoms with E-state index in [1.807, 2.05) is 0 Å². The zero-order chi connectivity index (χ0) is 15.0. The number of rotatable bonds is 2. The number of H-pyrrole nitrogens is 1. The number of hydrogen-bond donors (Lipinski definition) is 2. The smallest absolute Gasteiger partial charge is 0.477 e. The second-order valence-corrected chi connectivity index (χ2v) is 3.10. The summed E-state index contributed by atoms with van der Waals surface area (Å²) >= 11 is 0. The Labute approximate surface area is 99.0 Å². The van der Waals surface area contributed by atoms with E-state index in [1.165, 1.54) is 0 Å². The Kier molecular flexibility index (Phi) is 3.50. The molecule has 0 aliphatic heterocycles. The highest BCUT2D eigenvalue weighted by atomic mass is 19.4. The van der Waals surface area contributed by atoms with Crippen LogP contribution in [0.1, 0.15) is 16.1 Å². The fourth-order valence-electron chi connectivity index (χ4n) is 1.17. The molecule has 1 rings (SSSR count). The number of carbonyl (C=O) groups is 1. The second-order valence-electron chi connectivity index (χ2n) is 3.10. The molecule has 11 heteroatoms. The van der Waals surface area contributed by atoms with E-state index in [4.69, 9.17) is 5.11 Å². The van der Waals surface area contributed by atoms with Gasteiger partial charge in [0.2, 0.25) is 0 Å². The fourth-order valence-corrected chi connectivity index (χ4v) is 1.17. The quantitative estimate of drug-likeness (QED) is 0.817. The number of pyridine rings is 1. The Bertz CT molecular complexity index is 558. The average Bonchev–Trinajstić information content (AvgIpc) is 2.11. The number of ether oxygens (including phenoxy) is 1. The molecule has 0 aliphatic carbocycles. The molecule has 0 aliphatic rings.